The maximum Gasteiger partial charge on any atom is 0.344 e. The van der Waals surface area contributed by atoms with Crippen molar-refractivity contribution in [3.8, 4) is 6.07 Å². The van der Waals surface area contributed by atoms with E-state index in [0.717, 1.165) is 5.56 Å². The first-order valence-corrected chi connectivity index (χ1v) is 5.88. The molecule has 0 unspecified atom stereocenters. The molecule has 0 saturated heterocycles. The molecule has 0 saturated carbocycles. The molecular formula is C13H13N5O2. The Morgan fingerprint density at radius 2 is 2.15 bits per heavy atom. The van der Waals surface area contributed by atoms with E-state index < -0.39 is 21.9 Å². The van der Waals surface area contributed by atoms with Gasteiger partial charge in [-0.2, -0.15) is 5.26 Å². The molecule has 1 aromatic rings. The summed E-state index contributed by atoms with van der Waals surface area (Å²) in [6.45, 7) is 3.68. The number of anilines is 1. The number of allylic oxidation sites excluding steroid dienone is 1. The van der Waals surface area contributed by atoms with Gasteiger partial charge in [-0.1, -0.05) is 18.2 Å². The lowest BCUT2D eigenvalue weighted by molar-refractivity contribution is -0.416. The minimum atomic E-state index is -0.700. The predicted molar refractivity (Wildman–Crippen MR) is 74.3 cm³/mol. The van der Waals surface area contributed by atoms with Crippen LogP contribution in [-0.2, 0) is 5.54 Å². The first kappa shape index (κ1) is 13.5. The Balaban J connectivity index is 2.60. The third kappa shape index (κ3) is 2.19. The van der Waals surface area contributed by atoms with Gasteiger partial charge < -0.3 is 11.1 Å². The minimum Gasteiger partial charge on any atom is -0.384 e. The highest BCUT2D eigenvalue weighted by atomic mass is 16.6. The van der Waals surface area contributed by atoms with E-state index in [2.05, 4.69) is 10.3 Å². The Kier molecular flexibility index (Phi) is 3.16. The molecular weight excluding hydrogens is 258 g/mol. The third-order valence-corrected chi connectivity index (χ3v) is 3.01. The van der Waals surface area contributed by atoms with E-state index in [1.165, 1.54) is 0 Å². The van der Waals surface area contributed by atoms with Crippen LogP contribution in [0.15, 0.2) is 40.7 Å². The molecule has 0 bridgehead atoms. The van der Waals surface area contributed by atoms with Gasteiger partial charge >= 0.3 is 5.70 Å². The average Bonchev–Trinajstić information content (AvgIpc) is 2.37. The Bertz CT molecular complexity index is 682. The first-order valence-electron chi connectivity index (χ1n) is 5.88. The lowest BCUT2D eigenvalue weighted by atomic mass is 9.91. The van der Waals surface area contributed by atoms with E-state index in [9.17, 15) is 10.1 Å². The number of para-hydroxylation sites is 1. The van der Waals surface area contributed by atoms with Gasteiger partial charge in [0.25, 0.3) is 0 Å². The number of aliphatic imine (C=N–C) groups is 1. The molecule has 0 aliphatic carbocycles. The highest BCUT2D eigenvalue weighted by Gasteiger charge is 2.34. The number of benzene rings is 1. The van der Waals surface area contributed by atoms with Crippen LogP contribution < -0.4 is 11.1 Å². The van der Waals surface area contributed by atoms with E-state index in [4.69, 9.17) is 11.0 Å². The number of nitrogens with two attached hydrogens (primary N) is 1. The molecule has 102 valence electrons. The maximum atomic E-state index is 11.1. The number of nitriles is 1. The molecule has 1 aliphatic heterocycles. The van der Waals surface area contributed by atoms with Crippen molar-refractivity contribution in [2.45, 2.75) is 19.4 Å². The third-order valence-electron chi connectivity index (χ3n) is 3.01. The van der Waals surface area contributed by atoms with Crippen molar-refractivity contribution in [2.24, 2.45) is 10.7 Å². The van der Waals surface area contributed by atoms with Crippen molar-refractivity contribution in [2.75, 3.05) is 5.32 Å². The molecule has 0 atom stereocenters. The van der Waals surface area contributed by atoms with Gasteiger partial charge in [0, 0.05) is 11.3 Å². The van der Waals surface area contributed by atoms with Crippen LogP contribution in [0.25, 0.3) is 0 Å². The monoisotopic (exact) mass is 271 g/mol. The summed E-state index contributed by atoms with van der Waals surface area (Å²) in [6, 6.07) is 8.97. The molecule has 7 nitrogen and oxygen atoms in total. The maximum absolute atomic E-state index is 11.1. The highest BCUT2D eigenvalue weighted by molar-refractivity contribution is 6.08. The zero-order chi connectivity index (χ0) is 14.9. The summed E-state index contributed by atoms with van der Waals surface area (Å²) in [5, 5.41) is 22.8. The molecule has 0 amide bonds. The van der Waals surface area contributed by atoms with Crippen LogP contribution in [0, 0.1) is 21.4 Å². The second kappa shape index (κ2) is 4.66. The molecule has 1 aliphatic rings. The van der Waals surface area contributed by atoms with E-state index >= 15 is 0 Å². The average molecular weight is 271 g/mol. The van der Waals surface area contributed by atoms with Crippen molar-refractivity contribution in [1.29, 1.82) is 5.26 Å². The fraction of sp³-hybridized carbons (Fsp3) is 0.231. The van der Waals surface area contributed by atoms with Crippen molar-refractivity contribution >= 4 is 11.5 Å². The molecule has 20 heavy (non-hydrogen) atoms. The van der Waals surface area contributed by atoms with Crippen molar-refractivity contribution in [3.63, 3.8) is 0 Å². The van der Waals surface area contributed by atoms with Gasteiger partial charge in [0.15, 0.2) is 5.70 Å². The fourth-order valence-corrected chi connectivity index (χ4v) is 2.10. The number of nitrogens with one attached hydrogen (secondary N) is 1. The first-order chi connectivity index (χ1) is 9.36. The van der Waals surface area contributed by atoms with E-state index in [-0.39, 0.29) is 5.84 Å². The van der Waals surface area contributed by atoms with Gasteiger partial charge in [0.1, 0.15) is 6.07 Å². The lowest BCUT2D eigenvalue weighted by Gasteiger charge is -2.29. The van der Waals surface area contributed by atoms with E-state index in [0.29, 0.717) is 5.69 Å². The van der Waals surface area contributed by atoms with Crippen LogP contribution in [0.4, 0.5) is 5.69 Å². The number of amidine groups is 1. The highest BCUT2D eigenvalue weighted by Crippen LogP contribution is 2.35. The number of rotatable bonds is 2. The Morgan fingerprint density at radius 3 is 2.75 bits per heavy atom. The topological polar surface area (TPSA) is 117 Å². The fourth-order valence-electron chi connectivity index (χ4n) is 2.10. The van der Waals surface area contributed by atoms with Crippen molar-refractivity contribution in [3.05, 3.63) is 51.3 Å². The quantitative estimate of drug-likeness (QED) is 0.482. The molecule has 0 radical (unpaired) electrons. The SMILES string of the molecule is CC1(C)N=C(C(=C(N)C#N)[N+](=O)[O-])Nc2ccccc21. The van der Waals surface area contributed by atoms with Crippen LogP contribution >= 0.6 is 0 Å². The van der Waals surface area contributed by atoms with Crippen molar-refractivity contribution < 1.29 is 4.92 Å². The molecule has 1 aromatic carbocycles. The number of hydrogen-bond acceptors (Lipinski definition) is 6. The Labute approximate surface area is 115 Å². The number of nitrogens with zero attached hydrogens (tertiary/aromatic N) is 3. The smallest absolute Gasteiger partial charge is 0.344 e. The van der Waals surface area contributed by atoms with Gasteiger partial charge in [-0.3, -0.25) is 15.1 Å². The summed E-state index contributed by atoms with van der Waals surface area (Å²) >= 11 is 0. The standard InChI is InChI=1S/C13H13N5O2/c1-13(2)8-5-3-4-6-10(8)16-12(17-13)11(18(19)20)9(15)7-14/h3-6H,15H2,1-2H3,(H,16,17). The summed E-state index contributed by atoms with van der Waals surface area (Å²) in [4.78, 5) is 14.7. The summed E-state index contributed by atoms with van der Waals surface area (Å²) in [6.07, 6.45) is 0. The molecule has 1 heterocycles. The summed E-state index contributed by atoms with van der Waals surface area (Å²) < 4.78 is 0. The van der Waals surface area contributed by atoms with Gasteiger partial charge in [-0.05, 0) is 19.9 Å². The molecule has 0 fully saturated rings. The normalized spacial score (nSPS) is 16.9. The minimum absolute atomic E-state index is 0.00208. The van der Waals surface area contributed by atoms with Crippen LogP contribution in [0.2, 0.25) is 0 Å². The molecule has 2 rings (SSSR count). The van der Waals surface area contributed by atoms with Crippen LogP contribution in [0.1, 0.15) is 19.4 Å². The van der Waals surface area contributed by atoms with Crippen molar-refractivity contribution in [1.82, 2.24) is 0 Å². The van der Waals surface area contributed by atoms with Crippen LogP contribution in [-0.4, -0.2) is 10.8 Å². The largest absolute Gasteiger partial charge is 0.384 e. The second-order valence-corrected chi connectivity index (χ2v) is 4.82. The van der Waals surface area contributed by atoms with Gasteiger partial charge in [0.2, 0.25) is 5.84 Å². The molecule has 0 spiro atoms. The number of nitro groups is 1. The van der Waals surface area contributed by atoms with Gasteiger partial charge in [0.05, 0.1) is 10.5 Å². The lowest BCUT2D eigenvalue weighted by Crippen LogP contribution is -2.33. The number of hydrogen-bond donors (Lipinski definition) is 2. The van der Waals surface area contributed by atoms with E-state index in [1.54, 1.807) is 12.1 Å². The zero-order valence-corrected chi connectivity index (χ0v) is 11.0. The van der Waals surface area contributed by atoms with Crippen LogP contribution in [0.3, 0.4) is 0 Å². The summed E-state index contributed by atoms with van der Waals surface area (Å²) in [5.74, 6) is -0.00208. The molecule has 0 aromatic heterocycles. The zero-order valence-electron chi connectivity index (χ0n) is 11.0. The Morgan fingerprint density at radius 1 is 1.50 bits per heavy atom. The summed E-state index contributed by atoms with van der Waals surface area (Å²) in [7, 11) is 0. The number of fused-ring (bicyclic) bond motifs is 1. The predicted octanol–water partition coefficient (Wildman–Crippen LogP) is 1.72. The van der Waals surface area contributed by atoms with Gasteiger partial charge in [-0.25, -0.2) is 0 Å². The second-order valence-electron chi connectivity index (χ2n) is 4.82. The summed E-state index contributed by atoms with van der Waals surface area (Å²) in [5.41, 5.74) is 5.42. The molecule has 7 heteroatoms. The molecule has 3 N–H and O–H groups in total. The van der Waals surface area contributed by atoms with Crippen LogP contribution in [0.5, 0.6) is 0 Å². The van der Waals surface area contributed by atoms with E-state index in [1.807, 2.05) is 32.0 Å². The van der Waals surface area contributed by atoms with Gasteiger partial charge in [-0.15, -0.1) is 0 Å². The Hall–Kier alpha value is -2.88.